The Morgan fingerprint density at radius 2 is 2.35 bits per heavy atom. The predicted octanol–water partition coefficient (Wildman–Crippen LogP) is 2.02. The lowest BCUT2D eigenvalue weighted by Gasteiger charge is -2.11. The SMILES string of the molecule is COCC(Cl)CCNc1ncnc2c1CCC2. The lowest BCUT2D eigenvalue weighted by atomic mass is 10.2. The van der Waals surface area contributed by atoms with Crippen LogP contribution < -0.4 is 5.32 Å². The van der Waals surface area contributed by atoms with Gasteiger partial charge < -0.3 is 10.1 Å². The van der Waals surface area contributed by atoms with Crippen molar-refractivity contribution in [1.29, 1.82) is 0 Å². The highest BCUT2D eigenvalue weighted by atomic mass is 35.5. The van der Waals surface area contributed by atoms with Crippen molar-refractivity contribution in [2.45, 2.75) is 31.1 Å². The highest BCUT2D eigenvalue weighted by Gasteiger charge is 2.16. The molecule has 17 heavy (non-hydrogen) atoms. The van der Waals surface area contributed by atoms with E-state index in [1.807, 2.05) is 0 Å². The zero-order valence-corrected chi connectivity index (χ0v) is 10.8. The van der Waals surface area contributed by atoms with Crippen molar-refractivity contribution < 1.29 is 4.74 Å². The Kier molecular flexibility index (Phi) is 4.57. The fourth-order valence-electron chi connectivity index (χ4n) is 2.12. The van der Waals surface area contributed by atoms with Crippen molar-refractivity contribution >= 4 is 17.4 Å². The molecule has 0 saturated heterocycles. The van der Waals surface area contributed by atoms with Crippen molar-refractivity contribution in [2.24, 2.45) is 0 Å². The topological polar surface area (TPSA) is 47.0 Å². The average Bonchev–Trinajstić information content (AvgIpc) is 2.78. The van der Waals surface area contributed by atoms with E-state index in [2.05, 4.69) is 15.3 Å². The van der Waals surface area contributed by atoms with Crippen LogP contribution in [0.25, 0.3) is 0 Å². The number of aromatic nitrogens is 2. The Labute approximate surface area is 107 Å². The Balaban J connectivity index is 1.85. The van der Waals surface area contributed by atoms with Crippen molar-refractivity contribution in [3.8, 4) is 0 Å². The van der Waals surface area contributed by atoms with Crippen LogP contribution in [0.15, 0.2) is 6.33 Å². The molecule has 0 aromatic carbocycles. The highest BCUT2D eigenvalue weighted by molar-refractivity contribution is 6.20. The van der Waals surface area contributed by atoms with Gasteiger partial charge in [-0.2, -0.15) is 0 Å². The summed E-state index contributed by atoms with van der Waals surface area (Å²) in [6, 6.07) is 0. The molecule has 0 amide bonds. The number of methoxy groups -OCH3 is 1. The number of ether oxygens (including phenoxy) is 1. The number of alkyl halides is 1. The normalized spacial score (nSPS) is 15.6. The third kappa shape index (κ3) is 3.30. The van der Waals surface area contributed by atoms with Gasteiger partial charge in [0.05, 0.1) is 12.0 Å². The Hall–Kier alpha value is -0.870. The van der Waals surface area contributed by atoms with E-state index in [4.69, 9.17) is 16.3 Å². The first-order chi connectivity index (χ1) is 8.31. The van der Waals surface area contributed by atoms with Gasteiger partial charge in [-0.1, -0.05) is 0 Å². The first-order valence-electron chi connectivity index (χ1n) is 6.01. The number of hydrogen-bond acceptors (Lipinski definition) is 4. The van der Waals surface area contributed by atoms with Gasteiger partial charge in [0.25, 0.3) is 0 Å². The van der Waals surface area contributed by atoms with Gasteiger partial charge in [-0.3, -0.25) is 0 Å². The number of rotatable bonds is 6. The standard InChI is InChI=1S/C12H18ClN3O/c1-17-7-9(13)5-6-14-12-10-3-2-4-11(10)15-8-16-12/h8-9H,2-7H2,1H3,(H,14,15,16). The van der Waals surface area contributed by atoms with Gasteiger partial charge in [0.15, 0.2) is 0 Å². The van der Waals surface area contributed by atoms with E-state index in [1.54, 1.807) is 13.4 Å². The van der Waals surface area contributed by atoms with E-state index in [1.165, 1.54) is 17.7 Å². The van der Waals surface area contributed by atoms with Crippen molar-refractivity contribution in [2.75, 3.05) is 25.6 Å². The van der Waals surface area contributed by atoms with Gasteiger partial charge in [0, 0.05) is 24.9 Å². The lowest BCUT2D eigenvalue weighted by Crippen LogP contribution is -2.15. The summed E-state index contributed by atoms with van der Waals surface area (Å²) in [6.07, 6.45) is 5.85. The van der Waals surface area contributed by atoms with E-state index >= 15 is 0 Å². The molecule has 0 aliphatic heterocycles. The third-order valence-corrected chi connectivity index (χ3v) is 3.32. The molecule has 2 rings (SSSR count). The van der Waals surface area contributed by atoms with E-state index in [-0.39, 0.29) is 5.38 Å². The maximum absolute atomic E-state index is 6.07. The fourth-order valence-corrected chi connectivity index (χ4v) is 2.36. The number of hydrogen-bond donors (Lipinski definition) is 1. The molecule has 1 N–H and O–H groups in total. The number of aryl methyl sites for hydroxylation is 1. The van der Waals surface area contributed by atoms with Gasteiger partial charge in [0.2, 0.25) is 0 Å². The van der Waals surface area contributed by atoms with E-state index < -0.39 is 0 Å². The zero-order chi connectivity index (χ0) is 12.1. The first kappa shape index (κ1) is 12.6. The van der Waals surface area contributed by atoms with Crippen LogP contribution in [-0.2, 0) is 17.6 Å². The van der Waals surface area contributed by atoms with Crippen LogP contribution in [0.1, 0.15) is 24.1 Å². The molecule has 1 aliphatic carbocycles. The molecule has 0 bridgehead atoms. The van der Waals surface area contributed by atoms with Crippen molar-refractivity contribution in [1.82, 2.24) is 9.97 Å². The molecule has 1 aromatic heterocycles. The van der Waals surface area contributed by atoms with E-state index in [9.17, 15) is 0 Å². The van der Waals surface area contributed by atoms with Gasteiger partial charge >= 0.3 is 0 Å². The lowest BCUT2D eigenvalue weighted by molar-refractivity contribution is 0.196. The Morgan fingerprint density at radius 3 is 3.18 bits per heavy atom. The predicted molar refractivity (Wildman–Crippen MR) is 68.7 cm³/mol. The highest BCUT2D eigenvalue weighted by Crippen LogP contribution is 2.24. The van der Waals surface area contributed by atoms with Crippen LogP contribution in [0.4, 0.5) is 5.82 Å². The van der Waals surface area contributed by atoms with Crippen LogP contribution in [-0.4, -0.2) is 35.6 Å². The summed E-state index contributed by atoms with van der Waals surface area (Å²) in [5.41, 5.74) is 2.48. The summed E-state index contributed by atoms with van der Waals surface area (Å²) in [7, 11) is 1.67. The van der Waals surface area contributed by atoms with Gasteiger partial charge in [-0.25, -0.2) is 9.97 Å². The quantitative estimate of drug-likeness (QED) is 0.790. The number of anilines is 1. The molecular formula is C12H18ClN3O. The second-order valence-corrected chi connectivity index (χ2v) is 4.89. The fraction of sp³-hybridized carbons (Fsp3) is 0.667. The summed E-state index contributed by atoms with van der Waals surface area (Å²) >= 11 is 6.07. The summed E-state index contributed by atoms with van der Waals surface area (Å²) in [4.78, 5) is 8.59. The number of nitrogens with one attached hydrogen (secondary N) is 1. The second-order valence-electron chi connectivity index (χ2n) is 4.27. The largest absolute Gasteiger partial charge is 0.383 e. The summed E-state index contributed by atoms with van der Waals surface area (Å²) < 4.78 is 5.00. The molecule has 1 aliphatic rings. The Bertz CT molecular complexity index is 373. The van der Waals surface area contributed by atoms with E-state index in [0.717, 1.165) is 31.6 Å². The van der Waals surface area contributed by atoms with Crippen LogP contribution in [0.2, 0.25) is 0 Å². The van der Waals surface area contributed by atoms with E-state index in [0.29, 0.717) is 6.61 Å². The number of halogens is 1. The molecule has 94 valence electrons. The molecule has 4 nitrogen and oxygen atoms in total. The molecule has 0 radical (unpaired) electrons. The van der Waals surface area contributed by atoms with Gasteiger partial charge in [-0.05, 0) is 25.7 Å². The van der Waals surface area contributed by atoms with Crippen molar-refractivity contribution in [3.05, 3.63) is 17.6 Å². The molecule has 0 spiro atoms. The molecule has 1 heterocycles. The molecule has 1 atom stereocenters. The molecule has 1 unspecified atom stereocenters. The second kappa shape index (κ2) is 6.17. The van der Waals surface area contributed by atoms with Crippen LogP contribution >= 0.6 is 11.6 Å². The maximum atomic E-state index is 6.07. The maximum Gasteiger partial charge on any atom is 0.132 e. The minimum absolute atomic E-state index is 0.0578. The number of fused-ring (bicyclic) bond motifs is 1. The zero-order valence-electron chi connectivity index (χ0n) is 10.1. The molecule has 1 aromatic rings. The molecular weight excluding hydrogens is 238 g/mol. The van der Waals surface area contributed by atoms with Crippen LogP contribution in [0.3, 0.4) is 0 Å². The molecule has 5 heteroatoms. The first-order valence-corrected chi connectivity index (χ1v) is 6.44. The summed E-state index contributed by atoms with van der Waals surface area (Å²) in [5.74, 6) is 0.980. The minimum Gasteiger partial charge on any atom is -0.383 e. The average molecular weight is 256 g/mol. The van der Waals surface area contributed by atoms with Crippen molar-refractivity contribution in [3.63, 3.8) is 0 Å². The minimum atomic E-state index is 0.0578. The smallest absolute Gasteiger partial charge is 0.132 e. The third-order valence-electron chi connectivity index (χ3n) is 2.97. The Morgan fingerprint density at radius 1 is 1.47 bits per heavy atom. The van der Waals surface area contributed by atoms with Crippen LogP contribution in [0.5, 0.6) is 0 Å². The van der Waals surface area contributed by atoms with Gasteiger partial charge in [0.1, 0.15) is 12.1 Å². The monoisotopic (exact) mass is 255 g/mol. The van der Waals surface area contributed by atoms with Crippen LogP contribution in [0, 0.1) is 0 Å². The number of nitrogens with zero attached hydrogens (tertiary/aromatic N) is 2. The molecule has 0 fully saturated rings. The summed E-state index contributed by atoms with van der Waals surface area (Å²) in [6.45, 7) is 1.41. The van der Waals surface area contributed by atoms with Gasteiger partial charge in [-0.15, -0.1) is 11.6 Å². The molecule has 0 saturated carbocycles. The summed E-state index contributed by atoms with van der Waals surface area (Å²) in [5, 5.41) is 3.40.